The summed E-state index contributed by atoms with van der Waals surface area (Å²) in [6, 6.07) is 4.43. The first-order chi connectivity index (χ1) is 12.9. The predicted octanol–water partition coefficient (Wildman–Crippen LogP) is 6.71. The maximum absolute atomic E-state index is 11.1. The Labute approximate surface area is 166 Å². The Morgan fingerprint density at radius 2 is 1.30 bits per heavy atom. The average Bonchev–Trinajstić information content (AvgIpc) is 2.62. The molecule has 1 aromatic rings. The minimum Gasteiger partial charge on any atom is -0.493 e. The van der Waals surface area contributed by atoms with E-state index in [0.717, 1.165) is 12.0 Å². The summed E-state index contributed by atoms with van der Waals surface area (Å²) in [6.45, 7) is 4.69. The number of benzene rings is 1. The van der Waals surface area contributed by atoms with Crippen LogP contribution in [0.2, 0.25) is 0 Å². The minimum absolute atomic E-state index is 0.0895. The molecule has 0 saturated heterocycles. The maximum atomic E-state index is 11.1. The molecule has 0 fully saturated rings. The number of hydrogen-bond donors (Lipinski definition) is 1. The van der Waals surface area contributed by atoms with E-state index in [-0.39, 0.29) is 4.90 Å². The smallest absolute Gasteiger partial charge is 0.294 e. The minimum atomic E-state index is -4.15. The molecule has 0 aliphatic heterocycles. The Morgan fingerprint density at radius 3 is 1.74 bits per heavy atom. The van der Waals surface area contributed by atoms with Crippen LogP contribution in [-0.4, -0.2) is 19.6 Å². The SMILES string of the molecule is CCCCCCCCCCCCCCCOc1ccc(S(=O)(=O)O)cc1C. The Balaban J connectivity index is 1.99. The van der Waals surface area contributed by atoms with Gasteiger partial charge in [-0.1, -0.05) is 84.0 Å². The van der Waals surface area contributed by atoms with Crippen molar-refractivity contribution in [3.63, 3.8) is 0 Å². The molecule has 0 heterocycles. The van der Waals surface area contributed by atoms with Crippen LogP contribution in [0.25, 0.3) is 0 Å². The van der Waals surface area contributed by atoms with Crippen LogP contribution < -0.4 is 4.74 Å². The Morgan fingerprint density at radius 1 is 0.815 bits per heavy atom. The third-order valence-electron chi connectivity index (χ3n) is 4.95. The maximum Gasteiger partial charge on any atom is 0.294 e. The first-order valence-electron chi connectivity index (χ1n) is 10.7. The molecular formula is C22H38O4S. The van der Waals surface area contributed by atoms with Crippen LogP contribution in [0.15, 0.2) is 23.1 Å². The third-order valence-corrected chi connectivity index (χ3v) is 5.80. The Hall–Kier alpha value is -1.07. The van der Waals surface area contributed by atoms with Crippen molar-refractivity contribution in [2.45, 2.75) is 102 Å². The fraction of sp³-hybridized carbons (Fsp3) is 0.727. The first-order valence-corrected chi connectivity index (χ1v) is 12.1. The van der Waals surface area contributed by atoms with Crippen molar-refractivity contribution in [2.24, 2.45) is 0 Å². The topological polar surface area (TPSA) is 63.6 Å². The van der Waals surface area contributed by atoms with E-state index in [1.165, 1.54) is 89.2 Å². The second-order valence-electron chi connectivity index (χ2n) is 7.49. The van der Waals surface area contributed by atoms with Gasteiger partial charge in [0.25, 0.3) is 10.1 Å². The van der Waals surface area contributed by atoms with E-state index in [1.54, 1.807) is 13.0 Å². The summed E-state index contributed by atoms with van der Waals surface area (Å²) in [7, 11) is -4.15. The van der Waals surface area contributed by atoms with E-state index < -0.39 is 10.1 Å². The summed E-state index contributed by atoms with van der Waals surface area (Å²) in [5.41, 5.74) is 0.722. The summed E-state index contributed by atoms with van der Waals surface area (Å²) < 4.78 is 37.0. The van der Waals surface area contributed by atoms with Gasteiger partial charge in [0.05, 0.1) is 11.5 Å². The Kier molecular flexibility index (Phi) is 12.4. The molecule has 0 atom stereocenters. The molecule has 0 radical (unpaired) electrons. The number of unbranched alkanes of at least 4 members (excludes halogenated alkanes) is 12. The lowest BCUT2D eigenvalue weighted by Gasteiger charge is -2.10. The van der Waals surface area contributed by atoms with Gasteiger partial charge in [-0.05, 0) is 37.1 Å². The highest BCUT2D eigenvalue weighted by atomic mass is 32.2. The predicted molar refractivity (Wildman–Crippen MR) is 112 cm³/mol. The first kappa shape index (κ1) is 24.0. The average molecular weight is 399 g/mol. The highest BCUT2D eigenvalue weighted by Crippen LogP contribution is 2.22. The van der Waals surface area contributed by atoms with Gasteiger partial charge in [-0.3, -0.25) is 4.55 Å². The summed E-state index contributed by atoms with van der Waals surface area (Å²) in [6.07, 6.45) is 17.1. The molecule has 1 aromatic carbocycles. The van der Waals surface area contributed by atoms with E-state index in [4.69, 9.17) is 9.29 Å². The van der Waals surface area contributed by atoms with E-state index in [2.05, 4.69) is 6.92 Å². The number of ether oxygens (including phenoxy) is 1. The normalized spacial score (nSPS) is 11.7. The number of rotatable bonds is 16. The van der Waals surface area contributed by atoms with Crippen LogP contribution in [0, 0.1) is 6.92 Å². The van der Waals surface area contributed by atoms with Crippen LogP contribution >= 0.6 is 0 Å². The highest BCUT2D eigenvalue weighted by Gasteiger charge is 2.11. The fourth-order valence-electron chi connectivity index (χ4n) is 3.25. The van der Waals surface area contributed by atoms with Gasteiger partial charge in [-0.25, -0.2) is 0 Å². The van der Waals surface area contributed by atoms with Gasteiger partial charge in [-0.15, -0.1) is 0 Å². The summed E-state index contributed by atoms with van der Waals surface area (Å²) in [5, 5.41) is 0. The largest absolute Gasteiger partial charge is 0.493 e. The van der Waals surface area contributed by atoms with E-state index >= 15 is 0 Å². The summed E-state index contributed by atoms with van der Waals surface area (Å²) in [5.74, 6) is 0.682. The van der Waals surface area contributed by atoms with E-state index in [1.807, 2.05) is 0 Å². The van der Waals surface area contributed by atoms with Gasteiger partial charge in [0.1, 0.15) is 5.75 Å². The zero-order valence-corrected chi connectivity index (χ0v) is 18.0. The van der Waals surface area contributed by atoms with Crippen molar-refractivity contribution in [1.29, 1.82) is 0 Å². The molecule has 156 valence electrons. The Bertz CT molecular complexity index is 611. The molecule has 0 spiro atoms. The molecule has 0 amide bonds. The third kappa shape index (κ3) is 11.4. The zero-order valence-electron chi connectivity index (χ0n) is 17.2. The quantitative estimate of drug-likeness (QED) is 0.248. The van der Waals surface area contributed by atoms with Crippen molar-refractivity contribution in [3.8, 4) is 5.75 Å². The lowest BCUT2D eigenvalue weighted by molar-refractivity contribution is 0.302. The van der Waals surface area contributed by atoms with Crippen molar-refractivity contribution in [2.75, 3.05) is 6.61 Å². The standard InChI is InChI=1S/C22H38O4S/c1-3-4-5-6-7-8-9-10-11-12-13-14-15-18-26-22-17-16-21(19-20(22)2)27(23,24)25/h16-17,19H,3-15,18H2,1-2H3,(H,23,24,25). The lowest BCUT2D eigenvalue weighted by Crippen LogP contribution is -2.02. The van der Waals surface area contributed by atoms with Crippen LogP contribution in [0.4, 0.5) is 0 Å². The second kappa shape index (κ2) is 14.0. The van der Waals surface area contributed by atoms with Gasteiger partial charge in [0, 0.05) is 0 Å². The molecule has 1 N–H and O–H groups in total. The molecule has 0 aromatic heterocycles. The second-order valence-corrected chi connectivity index (χ2v) is 8.92. The molecule has 0 aliphatic carbocycles. The van der Waals surface area contributed by atoms with Gasteiger partial charge >= 0.3 is 0 Å². The van der Waals surface area contributed by atoms with Crippen molar-refractivity contribution in [3.05, 3.63) is 23.8 Å². The zero-order chi connectivity index (χ0) is 20.0. The van der Waals surface area contributed by atoms with Gasteiger partial charge in [-0.2, -0.15) is 8.42 Å². The lowest BCUT2D eigenvalue weighted by atomic mass is 10.0. The molecular weight excluding hydrogens is 360 g/mol. The molecule has 5 heteroatoms. The monoisotopic (exact) mass is 398 g/mol. The van der Waals surface area contributed by atoms with E-state index in [0.29, 0.717) is 12.4 Å². The van der Waals surface area contributed by atoms with Crippen LogP contribution in [0.3, 0.4) is 0 Å². The van der Waals surface area contributed by atoms with Gasteiger partial charge in [0.15, 0.2) is 0 Å². The van der Waals surface area contributed by atoms with Gasteiger partial charge < -0.3 is 4.74 Å². The molecule has 27 heavy (non-hydrogen) atoms. The van der Waals surface area contributed by atoms with Crippen LogP contribution in [0.1, 0.15) is 96.0 Å². The van der Waals surface area contributed by atoms with Crippen LogP contribution in [-0.2, 0) is 10.1 Å². The highest BCUT2D eigenvalue weighted by molar-refractivity contribution is 7.85. The number of aryl methyl sites for hydroxylation is 1. The molecule has 0 unspecified atom stereocenters. The number of hydrogen-bond acceptors (Lipinski definition) is 3. The molecule has 1 rings (SSSR count). The van der Waals surface area contributed by atoms with Crippen LogP contribution in [0.5, 0.6) is 5.75 Å². The summed E-state index contributed by atoms with van der Waals surface area (Å²) in [4.78, 5) is -0.0895. The molecule has 0 aliphatic rings. The molecule has 0 saturated carbocycles. The van der Waals surface area contributed by atoms with Gasteiger partial charge in [0.2, 0.25) is 0 Å². The van der Waals surface area contributed by atoms with Crippen molar-refractivity contribution >= 4 is 10.1 Å². The summed E-state index contributed by atoms with van der Waals surface area (Å²) >= 11 is 0. The fourth-order valence-corrected chi connectivity index (χ4v) is 3.81. The molecule has 4 nitrogen and oxygen atoms in total. The van der Waals surface area contributed by atoms with Crippen molar-refractivity contribution in [1.82, 2.24) is 0 Å². The van der Waals surface area contributed by atoms with Crippen molar-refractivity contribution < 1.29 is 17.7 Å². The molecule has 0 bridgehead atoms. The van der Waals surface area contributed by atoms with E-state index in [9.17, 15) is 8.42 Å².